The number of anilines is 1. The van der Waals surface area contributed by atoms with Crippen LogP contribution in [0.5, 0.6) is 0 Å². The number of nitrogens with one attached hydrogen (secondary N) is 2. The van der Waals surface area contributed by atoms with Crippen molar-refractivity contribution in [3.8, 4) is 0 Å². The number of Topliss-reactive ketones (excluding diaryl/α,β-unsaturated/α-hetero) is 1. The molecule has 6 unspecified atom stereocenters. The van der Waals surface area contributed by atoms with E-state index in [4.69, 9.17) is 23.2 Å². The van der Waals surface area contributed by atoms with Gasteiger partial charge in [-0.05, 0) is 43.4 Å². The van der Waals surface area contributed by atoms with Gasteiger partial charge in [-0.15, -0.1) is 11.6 Å². The molecule has 2 heterocycles. The second kappa shape index (κ2) is 8.50. The lowest BCUT2D eigenvalue weighted by atomic mass is 9.67. The molecule has 8 heteroatoms. The maximum absolute atomic E-state index is 13.6. The van der Waals surface area contributed by atoms with Crippen molar-refractivity contribution in [3.63, 3.8) is 0 Å². The van der Waals surface area contributed by atoms with Gasteiger partial charge in [-0.3, -0.25) is 14.5 Å². The van der Waals surface area contributed by atoms with Crippen LogP contribution < -0.4 is 10.6 Å². The molecule has 6 atom stereocenters. The zero-order valence-electron chi connectivity index (χ0n) is 16.3. The number of alkyl halides is 1. The van der Waals surface area contributed by atoms with Crippen molar-refractivity contribution in [3.05, 3.63) is 29.0 Å². The summed E-state index contributed by atoms with van der Waals surface area (Å²) in [6, 6.07) is 4.50. The van der Waals surface area contributed by atoms with Crippen LogP contribution in [0.15, 0.2) is 18.2 Å². The van der Waals surface area contributed by atoms with Crippen molar-refractivity contribution in [2.75, 3.05) is 25.0 Å². The molecular formula is C21H26Cl2FN3O2. The Bertz CT molecular complexity index is 808. The summed E-state index contributed by atoms with van der Waals surface area (Å²) in [5, 5.41) is 6.55. The molecule has 2 N–H and O–H groups in total. The quantitative estimate of drug-likeness (QED) is 0.706. The van der Waals surface area contributed by atoms with Crippen molar-refractivity contribution in [2.24, 2.45) is 17.8 Å². The van der Waals surface area contributed by atoms with Gasteiger partial charge in [-0.25, -0.2) is 4.39 Å². The van der Waals surface area contributed by atoms with Gasteiger partial charge in [0.25, 0.3) is 0 Å². The smallest absolute Gasteiger partial charge is 0.238 e. The summed E-state index contributed by atoms with van der Waals surface area (Å²) in [6.45, 7) is 3.61. The Morgan fingerprint density at radius 1 is 1.31 bits per heavy atom. The molecule has 3 fully saturated rings. The van der Waals surface area contributed by atoms with Crippen LogP contribution in [0.2, 0.25) is 5.02 Å². The molecule has 1 aliphatic carbocycles. The largest absolute Gasteiger partial charge is 0.325 e. The van der Waals surface area contributed by atoms with Crippen molar-refractivity contribution in [1.82, 2.24) is 10.2 Å². The second-order valence-corrected chi connectivity index (χ2v) is 9.54. The van der Waals surface area contributed by atoms with Crippen LogP contribution in [0.3, 0.4) is 0 Å². The Morgan fingerprint density at radius 3 is 2.86 bits per heavy atom. The van der Waals surface area contributed by atoms with E-state index < -0.39 is 5.82 Å². The first-order valence-electron chi connectivity index (χ1n) is 10.2. The number of benzene rings is 1. The number of carbonyl (C=O) groups is 2. The predicted octanol–water partition coefficient (Wildman–Crippen LogP) is 3.30. The standard InChI is InChI=1S/C21H26Cl2FN3O2/c1-11-15(22)5-3-13-20(11)26-18-6-7-27(9-14(18)21(13)29)10-19(28)25-12-2-4-16(23)17(24)8-12/h2,4,8,11,13-15,18,20,26H,3,5-7,9-10H2,1H3,(H,25,28). The maximum Gasteiger partial charge on any atom is 0.238 e. The van der Waals surface area contributed by atoms with Crippen LogP contribution in [-0.2, 0) is 9.59 Å². The van der Waals surface area contributed by atoms with E-state index in [2.05, 4.69) is 17.6 Å². The van der Waals surface area contributed by atoms with Gasteiger partial charge in [0, 0.05) is 48.1 Å². The van der Waals surface area contributed by atoms with Crippen molar-refractivity contribution >= 4 is 40.6 Å². The number of piperidine rings is 2. The van der Waals surface area contributed by atoms with Crippen LogP contribution in [-0.4, -0.2) is 53.7 Å². The molecule has 0 bridgehead atoms. The number of rotatable bonds is 3. The van der Waals surface area contributed by atoms with E-state index in [0.29, 0.717) is 18.0 Å². The van der Waals surface area contributed by atoms with Gasteiger partial charge in [0.05, 0.1) is 11.6 Å². The highest BCUT2D eigenvalue weighted by Gasteiger charge is 2.49. The Balaban J connectivity index is 1.36. The third kappa shape index (κ3) is 4.31. The van der Waals surface area contributed by atoms with E-state index in [1.807, 2.05) is 4.90 Å². The molecule has 1 aromatic rings. The third-order valence-electron chi connectivity index (χ3n) is 6.73. The van der Waals surface area contributed by atoms with Gasteiger partial charge in [0.15, 0.2) is 0 Å². The topological polar surface area (TPSA) is 61.4 Å². The predicted molar refractivity (Wildman–Crippen MR) is 112 cm³/mol. The van der Waals surface area contributed by atoms with E-state index in [-0.39, 0.29) is 52.7 Å². The molecule has 0 spiro atoms. The summed E-state index contributed by atoms with van der Waals surface area (Å²) in [4.78, 5) is 27.6. The van der Waals surface area contributed by atoms with Crippen molar-refractivity contribution in [2.45, 2.75) is 43.6 Å². The number of amides is 1. The summed E-state index contributed by atoms with van der Waals surface area (Å²) in [7, 11) is 0. The molecular weight excluding hydrogens is 416 g/mol. The monoisotopic (exact) mass is 441 g/mol. The fourth-order valence-electron chi connectivity index (χ4n) is 5.11. The van der Waals surface area contributed by atoms with Gasteiger partial charge in [-0.2, -0.15) is 0 Å². The first-order chi connectivity index (χ1) is 13.8. The van der Waals surface area contributed by atoms with Gasteiger partial charge >= 0.3 is 0 Å². The van der Waals surface area contributed by atoms with E-state index in [9.17, 15) is 14.0 Å². The first kappa shape index (κ1) is 21.0. The van der Waals surface area contributed by atoms with E-state index >= 15 is 0 Å². The minimum atomic E-state index is -0.570. The van der Waals surface area contributed by atoms with Crippen LogP contribution in [0.4, 0.5) is 10.1 Å². The van der Waals surface area contributed by atoms with Gasteiger partial charge in [0.1, 0.15) is 11.6 Å². The number of hydrogen-bond acceptors (Lipinski definition) is 4. The van der Waals surface area contributed by atoms with Gasteiger partial charge in [0.2, 0.25) is 5.91 Å². The SMILES string of the molecule is CC1C(Cl)CCC2C(=O)C3CN(CC(=O)Nc4ccc(Cl)c(F)c4)CCC3NC21. The van der Waals surface area contributed by atoms with Crippen LogP contribution in [0.25, 0.3) is 0 Å². The van der Waals surface area contributed by atoms with Gasteiger partial charge < -0.3 is 10.6 Å². The second-order valence-electron chi connectivity index (χ2n) is 8.57. The average Bonchev–Trinajstić information content (AvgIpc) is 2.68. The molecule has 5 nitrogen and oxygen atoms in total. The molecule has 158 valence electrons. The van der Waals surface area contributed by atoms with E-state index in [1.165, 1.54) is 12.1 Å². The molecule has 1 aromatic carbocycles. The van der Waals surface area contributed by atoms with Gasteiger partial charge in [-0.1, -0.05) is 18.5 Å². The molecule has 3 aliphatic rings. The van der Waals surface area contributed by atoms with E-state index in [1.54, 1.807) is 6.07 Å². The number of halogens is 3. The van der Waals surface area contributed by atoms with E-state index in [0.717, 1.165) is 25.8 Å². The summed E-state index contributed by atoms with van der Waals surface area (Å²) in [5.74, 6) is -0.269. The maximum atomic E-state index is 13.6. The fourth-order valence-corrected chi connectivity index (χ4v) is 5.51. The zero-order chi connectivity index (χ0) is 20.7. The van der Waals surface area contributed by atoms with Crippen LogP contribution >= 0.6 is 23.2 Å². The summed E-state index contributed by atoms with van der Waals surface area (Å²) in [6.07, 6.45) is 2.53. The molecule has 4 rings (SSSR count). The Kier molecular flexibility index (Phi) is 6.17. The van der Waals surface area contributed by atoms with Crippen molar-refractivity contribution < 1.29 is 14.0 Å². The third-order valence-corrected chi connectivity index (χ3v) is 7.65. The molecule has 29 heavy (non-hydrogen) atoms. The lowest BCUT2D eigenvalue weighted by Crippen LogP contribution is -2.66. The van der Waals surface area contributed by atoms with Crippen LogP contribution in [0.1, 0.15) is 26.2 Å². The van der Waals surface area contributed by atoms with Crippen molar-refractivity contribution in [1.29, 1.82) is 0 Å². The zero-order valence-corrected chi connectivity index (χ0v) is 17.8. The number of ketones is 1. The number of carbonyl (C=O) groups excluding carboxylic acids is 2. The summed E-state index contributed by atoms with van der Waals surface area (Å²) < 4.78 is 13.6. The number of hydrogen-bond donors (Lipinski definition) is 2. The minimum Gasteiger partial charge on any atom is -0.325 e. The molecule has 0 radical (unpaired) electrons. The molecule has 2 aliphatic heterocycles. The Labute approximate surface area is 180 Å². The number of likely N-dealkylation sites (tertiary alicyclic amines) is 1. The Hall–Kier alpha value is -1.21. The molecule has 0 aromatic heterocycles. The molecule has 1 amide bonds. The molecule has 2 saturated heterocycles. The first-order valence-corrected chi connectivity index (χ1v) is 11.1. The highest BCUT2D eigenvalue weighted by atomic mass is 35.5. The lowest BCUT2D eigenvalue weighted by molar-refractivity contribution is -0.137. The highest BCUT2D eigenvalue weighted by Crippen LogP contribution is 2.39. The lowest BCUT2D eigenvalue weighted by Gasteiger charge is -2.50. The average molecular weight is 442 g/mol. The highest BCUT2D eigenvalue weighted by molar-refractivity contribution is 6.30. The normalized spacial score (nSPS) is 35.0. The summed E-state index contributed by atoms with van der Waals surface area (Å²) >= 11 is 12.1. The minimum absolute atomic E-state index is 0.0178. The summed E-state index contributed by atoms with van der Waals surface area (Å²) in [5.41, 5.74) is 0.372. The van der Waals surface area contributed by atoms with Crippen LogP contribution in [0, 0.1) is 23.6 Å². The number of nitrogens with zero attached hydrogens (tertiary/aromatic N) is 1. The molecule has 1 saturated carbocycles. The number of fused-ring (bicyclic) bond motifs is 2. The Morgan fingerprint density at radius 2 is 2.10 bits per heavy atom. The fraction of sp³-hybridized carbons (Fsp3) is 0.619.